The monoisotopic (exact) mass is 633 g/mol. The Balaban J connectivity index is 2.85. The number of amides is 6. The summed E-state index contributed by atoms with van der Waals surface area (Å²) in [5.41, 5.74) is 11.5. The fourth-order valence-corrected chi connectivity index (χ4v) is 4.23. The first-order valence-electron chi connectivity index (χ1n) is 14.8. The number of carboxylic acid groups (broad SMARTS) is 1. The predicted molar refractivity (Wildman–Crippen MR) is 165 cm³/mol. The Morgan fingerprint density at radius 1 is 0.800 bits per heavy atom. The lowest BCUT2D eigenvalue weighted by Crippen LogP contribution is -2.58. The zero-order valence-electron chi connectivity index (χ0n) is 26.4. The Hall–Kier alpha value is -4.53. The molecule has 6 amide bonds. The van der Waals surface area contributed by atoms with Crippen molar-refractivity contribution < 1.29 is 38.7 Å². The number of primary amides is 1. The molecule has 0 saturated carbocycles. The fourth-order valence-electron chi connectivity index (χ4n) is 4.23. The van der Waals surface area contributed by atoms with Crippen molar-refractivity contribution in [1.29, 1.82) is 0 Å². The molecule has 15 heteroatoms. The molecule has 45 heavy (non-hydrogen) atoms. The van der Waals surface area contributed by atoms with Gasteiger partial charge in [0.15, 0.2) is 0 Å². The van der Waals surface area contributed by atoms with E-state index in [1.807, 2.05) is 20.8 Å². The van der Waals surface area contributed by atoms with Crippen molar-refractivity contribution in [2.24, 2.45) is 23.3 Å². The number of nitrogens with one attached hydrogen (secondary N) is 5. The second-order valence-corrected chi connectivity index (χ2v) is 11.4. The molecule has 0 saturated heterocycles. The van der Waals surface area contributed by atoms with Crippen LogP contribution in [0.15, 0.2) is 30.3 Å². The molecule has 1 rings (SSSR count). The number of nitrogens with two attached hydrogens (primary N) is 2. The molecule has 1 aromatic carbocycles. The number of benzene rings is 1. The van der Waals surface area contributed by atoms with Crippen LogP contribution in [0.1, 0.15) is 59.4 Å². The molecule has 0 heterocycles. The van der Waals surface area contributed by atoms with Crippen LogP contribution >= 0.6 is 0 Å². The molecule has 10 N–H and O–H groups in total. The topological polar surface area (TPSA) is 252 Å². The largest absolute Gasteiger partial charge is 0.480 e. The van der Waals surface area contributed by atoms with Crippen molar-refractivity contribution in [3.63, 3.8) is 0 Å². The number of aliphatic carboxylic acids is 1. The molecular formula is C30H47N7O8. The second-order valence-electron chi connectivity index (χ2n) is 11.4. The number of carboxylic acids is 1. The summed E-state index contributed by atoms with van der Waals surface area (Å²) >= 11 is 0. The molecule has 0 radical (unpaired) electrons. The summed E-state index contributed by atoms with van der Waals surface area (Å²) in [6.45, 7) is 8.03. The highest BCUT2D eigenvalue weighted by atomic mass is 16.4. The Labute approximate surface area is 263 Å². The Morgan fingerprint density at radius 2 is 1.40 bits per heavy atom. The van der Waals surface area contributed by atoms with Crippen molar-refractivity contribution in [2.45, 2.75) is 90.5 Å². The molecule has 250 valence electrons. The molecule has 0 aliphatic carbocycles. The average molecular weight is 634 g/mol. The van der Waals surface area contributed by atoms with Crippen LogP contribution < -0.4 is 38.1 Å². The van der Waals surface area contributed by atoms with Crippen LogP contribution in [0, 0.1) is 11.8 Å². The second kappa shape index (κ2) is 19.0. The summed E-state index contributed by atoms with van der Waals surface area (Å²) in [7, 11) is 0. The van der Waals surface area contributed by atoms with E-state index in [-0.39, 0.29) is 24.7 Å². The van der Waals surface area contributed by atoms with Gasteiger partial charge >= 0.3 is 5.97 Å². The van der Waals surface area contributed by atoms with Gasteiger partial charge in [-0.2, -0.15) is 0 Å². The summed E-state index contributed by atoms with van der Waals surface area (Å²) in [6.07, 6.45) is 0.338. The summed E-state index contributed by atoms with van der Waals surface area (Å²) in [6, 6.07) is 3.02. The van der Waals surface area contributed by atoms with Gasteiger partial charge in [0, 0.05) is 6.42 Å². The van der Waals surface area contributed by atoms with Crippen LogP contribution in [0.3, 0.4) is 0 Å². The fraction of sp³-hybridized carbons (Fsp3) is 0.567. The van der Waals surface area contributed by atoms with Gasteiger partial charge in [-0.15, -0.1) is 0 Å². The molecule has 6 atom stereocenters. The van der Waals surface area contributed by atoms with Crippen LogP contribution in [0.2, 0.25) is 0 Å². The minimum atomic E-state index is -1.28. The number of hydrogen-bond donors (Lipinski definition) is 8. The van der Waals surface area contributed by atoms with E-state index in [0.29, 0.717) is 12.0 Å². The van der Waals surface area contributed by atoms with E-state index in [1.165, 1.54) is 6.92 Å². The molecule has 0 spiro atoms. The van der Waals surface area contributed by atoms with Crippen LogP contribution in [-0.4, -0.2) is 83.3 Å². The molecule has 0 unspecified atom stereocenters. The normalized spacial score (nSPS) is 14.9. The van der Waals surface area contributed by atoms with Gasteiger partial charge in [-0.25, -0.2) is 4.79 Å². The standard InChI is InChI=1S/C30H47N7O8/c1-6-17(4)25(29(43)36-22(30(44)45)12-16(2)3)37-26(40)18(5)34-24(39)15-33-28(42)21(13-19-10-8-7-9-11-19)35-27(41)20(31)14-23(32)38/h7-11,16-18,20-22,25H,6,12-15,31H2,1-5H3,(H2,32,38)(H,33,42)(H,34,39)(H,35,41)(H,36,43)(H,37,40)(H,44,45)/t17-,18-,20-,21-,22-,25-/m0/s1. The molecular weight excluding hydrogens is 586 g/mol. The average Bonchev–Trinajstić information content (AvgIpc) is 2.97. The van der Waals surface area contributed by atoms with Gasteiger partial charge in [0.25, 0.3) is 0 Å². The lowest BCUT2D eigenvalue weighted by molar-refractivity contribution is -0.143. The summed E-state index contributed by atoms with van der Waals surface area (Å²) in [4.78, 5) is 86.8. The smallest absolute Gasteiger partial charge is 0.326 e. The Bertz CT molecular complexity index is 1190. The number of rotatable bonds is 19. The first kappa shape index (κ1) is 38.5. The summed E-state index contributed by atoms with van der Waals surface area (Å²) in [5.74, 6) is -5.89. The maximum atomic E-state index is 13.0. The highest BCUT2D eigenvalue weighted by molar-refractivity contribution is 5.95. The van der Waals surface area contributed by atoms with E-state index in [0.717, 1.165) is 0 Å². The van der Waals surface area contributed by atoms with E-state index in [4.69, 9.17) is 11.5 Å². The minimum Gasteiger partial charge on any atom is -0.480 e. The third-order valence-corrected chi connectivity index (χ3v) is 6.98. The molecule has 0 aliphatic rings. The number of carbonyl (C=O) groups excluding carboxylic acids is 6. The van der Waals surface area contributed by atoms with Crippen LogP contribution in [-0.2, 0) is 40.0 Å². The minimum absolute atomic E-state index is 0.00284. The SMILES string of the molecule is CC[C@H](C)[C@H](NC(=O)[C@H](C)NC(=O)CNC(=O)[C@H](Cc1ccccc1)NC(=O)[C@@H](N)CC(N)=O)C(=O)N[C@@H](CC(C)C)C(=O)O. The first-order chi connectivity index (χ1) is 21.0. The van der Waals surface area contributed by atoms with Crippen molar-refractivity contribution >= 4 is 41.4 Å². The lowest BCUT2D eigenvalue weighted by atomic mass is 9.96. The Morgan fingerprint density at radius 3 is 1.93 bits per heavy atom. The van der Waals surface area contributed by atoms with Gasteiger partial charge in [-0.3, -0.25) is 28.8 Å². The molecule has 0 aliphatic heterocycles. The molecule has 0 bridgehead atoms. The highest BCUT2D eigenvalue weighted by Gasteiger charge is 2.32. The molecule has 15 nitrogen and oxygen atoms in total. The zero-order valence-corrected chi connectivity index (χ0v) is 26.4. The van der Waals surface area contributed by atoms with Crippen LogP contribution in [0.25, 0.3) is 0 Å². The summed E-state index contributed by atoms with van der Waals surface area (Å²) in [5, 5.41) is 21.9. The van der Waals surface area contributed by atoms with E-state index in [9.17, 15) is 38.7 Å². The van der Waals surface area contributed by atoms with Crippen molar-refractivity contribution in [3.05, 3.63) is 35.9 Å². The van der Waals surface area contributed by atoms with Gasteiger partial charge in [-0.05, 0) is 30.7 Å². The van der Waals surface area contributed by atoms with Gasteiger partial charge in [0.1, 0.15) is 24.2 Å². The molecule has 0 aromatic heterocycles. The van der Waals surface area contributed by atoms with Gasteiger partial charge < -0.3 is 43.2 Å². The maximum Gasteiger partial charge on any atom is 0.326 e. The maximum absolute atomic E-state index is 13.0. The van der Waals surface area contributed by atoms with E-state index in [1.54, 1.807) is 37.3 Å². The van der Waals surface area contributed by atoms with E-state index in [2.05, 4.69) is 26.6 Å². The third kappa shape index (κ3) is 14.2. The number of hydrogen-bond acceptors (Lipinski definition) is 8. The van der Waals surface area contributed by atoms with E-state index < -0.39 is 84.6 Å². The third-order valence-electron chi connectivity index (χ3n) is 6.98. The van der Waals surface area contributed by atoms with Crippen LogP contribution in [0.5, 0.6) is 0 Å². The van der Waals surface area contributed by atoms with Crippen molar-refractivity contribution in [2.75, 3.05) is 6.54 Å². The van der Waals surface area contributed by atoms with Gasteiger partial charge in [0.05, 0.1) is 19.0 Å². The highest BCUT2D eigenvalue weighted by Crippen LogP contribution is 2.11. The zero-order chi connectivity index (χ0) is 34.3. The molecule has 1 aromatic rings. The summed E-state index contributed by atoms with van der Waals surface area (Å²) < 4.78 is 0. The van der Waals surface area contributed by atoms with Gasteiger partial charge in [0.2, 0.25) is 35.4 Å². The van der Waals surface area contributed by atoms with Crippen molar-refractivity contribution in [1.82, 2.24) is 26.6 Å². The first-order valence-corrected chi connectivity index (χ1v) is 14.8. The predicted octanol–water partition coefficient (Wildman–Crippen LogP) is -1.32. The van der Waals surface area contributed by atoms with E-state index >= 15 is 0 Å². The molecule has 0 fully saturated rings. The quantitative estimate of drug-likeness (QED) is 0.0898. The Kier molecular flexibility index (Phi) is 16.2. The lowest BCUT2D eigenvalue weighted by Gasteiger charge is -2.27. The number of carbonyl (C=O) groups is 7. The van der Waals surface area contributed by atoms with Crippen LogP contribution in [0.4, 0.5) is 0 Å². The van der Waals surface area contributed by atoms with Crippen molar-refractivity contribution in [3.8, 4) is 0 Å². The van der Waals surface area contributed by atoms with Gasteiger partial charge in [-0.1, -0.05) is 64.4 Å².